The van der Waals surface area contributed by atoms with E-state index in [1.165, 1.54) is 34.2 Å². The van der Waals surface area contributed by atoms with Crippen LogP contribution in [0.5, 0.6) is 0 Å². The van der Waals surface area contributed by atoms with Crippen molar-refractivity contribution >= 4 is 5.91 Å². The van der Waals surface area contributed by atoms with Crippen molar-refractivity contribution in [1.82, 2.24) is 34.8 Å². The SMILES string of the molecule is O=C(NCc1cccnc1-n1cncn1)c1ccc(=O)n(-c2ccccc2)n1. The summed E-state index contributed by atoms with van der Waals surface area (Å²) in [6, 6.07) is 15.3. The molecule has 0 unspecified atom stereocenters. The largest absolute Gasteiger partial charge is 0.346 e. The summed E-state index contributed by atoms with van der Waals surface area (Å²) in [5, 5.41) is 11.0. The molecule has 1 N–H and O–H groups in total. The lowest BCUT2D eigenvalue weighted by atomic mass is 10.2. The van der Waals surface area contributed by atoms with Crippen LogP contribution in [0.2, 0.25) is 0 Å². The van der Waals surface area contributed by atoms with Crippen molar-refractivity contribution in [1.29, 1.82) is 0 Å². The Hall–Kier alpha value is -4.14. The van der Waals surface area contributed by atoms with Gasteiger partial charge in [-0.05, 0) is 24.3 Å². The zero-order valence-corrected chi connectivity index (χ0v) is 14.6. The Morgan fingerprint density at radius 2 is 1.89 bits per heavy atom. The predicted molar refractivity (Wildman–Crippen MR) is 100 cm³/mol. The van der Waals surface area contributed by atoms with Gasteiger partial charge in [-0.1, -0.05) is 24.3 Å². The molecule has 0 aliphatic carbocycles. The second-order valence-electron chi connectivity index (χ2n) is 5.81. The maximum absolute atomic E-state index is 12.6. The van der Waals surface area contributed by atoms with Gasteiger partial charge in [-0.15, -0.1) is 0 Å². The van der Waals surface area contributed by atoms with Gasteiger partial charge in [0, 0.05) is 24.4 Å². The van der Waals surface area contributed by atoms with E-state index in [1.54, 1.807) is 36.5 Å². The normalized spacial score (nSPS) is 10.6. The number of rotatable bonds is 5. The average molecular weight is 373 g/mol. The zero-order valence-electron chi connectivity index (χ0n) is 14.6. The molecule has 3 aromatic heterocycles. The van der Waals surface area contributed by atoms with E-state index in [9.17, 15) is 9.59 Å². The third-order valence-electron chi connectivity index (χ3n) is 3.98. The van der Waals surface area contributed by atoms with Crippen LogP contribution in [-0.2, 0) is 6.54 Å². The van der Waals surface area contributed by atoms with Crippen LogP contribution in [-0.4, -0.2) is 35.4 Å². The van der Waals surface area contributed by atoms with Crippen LogP contribution in [0.15, 0.2) is 78.2 Å². The van der Waals surface area contributed by atoms with Gasteiger partial charge in [0.1, 0.15) is 18.3 Å². The van der Waals surface area contributed by atoms with E-state index in [2.05, 4.69) is 25.5 Å². The Kier molecular flexibility index (Phi) is 4.70. The van der Waals surface area contributed by atoms with E-state index in [1.807, 2.05) is 12.1 Å². The predicted octanol–water partition coefficient (Wildman–Crippen LogP) is 1.14. The molecular weight excluding hydrogens is 358 g/mol. The Labute approximate surface area is 159 Å². The molecule has 3 heterocycles. The molecule has 0 saturated carbocycles. The third-order valence-corrected chi connectivity index (χ3v) is 3.98. The van der Waals surface area contributed by atoms with Crippen LogP contribution in [0.25, 0.3) is 11.5 Å². The van der Waals surface area contributed by atoms with Gasteiger partial charge in [0.15, 0.2) is 5.82 Å². The van der Waals surface area contributed by atoms with Gasteiger partial charge in [-0.2, -0.15) is 14.9 Å². The van der Waals surface area contributed by atoms with Crippen molar-refractivity contribution in [2.75, 3.05) is 0 Å². The topological polar surface area (TPSA) is 108 Å². The molecule has 0 saturated heterocycles. The monoisotopic (exact) mass is 373 g/mol. The summed E-state index contributed by atoms with van der Waals surface area (Å²) in [6.07, 6.45) is 4.58. The lowest BCUT2D eigenvalue weighted by Crippen LogP contribution is -2.29. The van der Waals surface area contributed by atoms with Crippen molar-refractivity contribution in [2.45, 2.75) is 6.54 Å². The molecule has 28 heavy (non-hydrogen) atoms. The summed E-state index contributed by atoms with van der Waals surface area (Å²) in [7, 11) is 0. The number of hydrogen-bond donors (Lipinski definition) is 1. The van der Waals surface area contributed by atoms with Crippen molar-refractivity contribution in [2.24, 2.45) is 0 Å². The maximum atomic E-state index is 12.6. The van der Waals surface area contributed by atoms with E-state index in [0.717, 1.165) is 5.56 Å². The Morgan fingerprint density at radius 1 is 1.04 bits per heavy atom. The number of nitrogens with one attached hydrogen (secondary N) is 1. The molecule has 0 bridgehead atoms. The van der Waals surface area contributed by atoms with E-state index in [-0.39, 0.29) is 17.8 Å². The first-order chi connectivity index (χ1) is 13.7. The number of benzene rings is 1. The van der Waals surface area contributed by atoms with Gasteiger partial charge in [0.25, 0.3) is 11.5 Å². The Morgan fingerprint density at radius 3 is 2.68 bits per heavy atom. The number of carbonyl (C=O) groups is 1. The summed E-state index contributed by atoms with van der Waals surface area (Å²) in [4.78, 5) is 32.9. The minimum atomic E-state index is -0.405. The molecule has 0 aliphatic heterocycles. The van der Waals surface area contributed by atoms with Crippen LogP contribution in [0.4, 0.5) is 0 Å². The fourth-order valence-corrected chi connectivity index (χ4v) is 2.64. The molecule has 4 rings (SSSR count). The molecule has 1 aromatic carbocycles. The summed E-state index contributed by atoms with van der Waals surface area (Å²) in [6.45, 7) is 0.216. The standard InChI is InChI=1S/C19H15N7O2/c27-17-9-8-16(24-26(17)15-6-2-1-3-7-15)19(28)22-11-14-5-4-10-21-18(14)25-13-20-12-23-25/h1-10,12-13H,11H2,(H,22,28). The van der Waals surface area contributed by atoms with Crippen molar-refractivity contribution in [3.05, 3.63) is 95.1 Å². The highest BCUT2D eigenvalue weighted by Gasteiger charge is 2.12. The van der Waals surface area contributed by atoms with E-state index < -0.39 is 5.91 Å². The number of nitrogens with zero attached hydrogens (tertiary/aromatic N) is 6. The van der Waals surface area contributed by atoms with Crippen LogP contribution >= 0.6 is 0 Å². The second kappa shape index (κ2) is 7.62. The fourth-order valence-electron chi connectivity index (χ4n) is 2.64. The van der Waals surface area contributed by atoms with E-state index in [4.69, 9.17) is 0 Å². The van der Waals surface area contributed by atoms with Gasteiger partial charge in [0.2, 0.25) is 0 Å². The summed E-state index contributed by atoms with van der Waals surface area (Å²) in [5.74, 6) is 0.167. The first-order valence-corrected chi connectivity index (χ1v) is 8.45. The summed E-state index contributed by atoms with van der Waals surface area (Å²) in [5.41, 5.74) is 1.17. The highest BCUT2D eigenvalue weighted by molar-refractivity contribution is 5.92. The van der Waals surface area contributed by atoms with Crippen LogP contribution in [0.3, 0.4) is 0 Å². The quantitative estimate of drug-likeness (QED) is 0.562. The Bertz CT molecular complexity index is 1150. The number of para-hydroxylation sites is 1. The van der Waals surface area contributed by atoms with Gasteiger partial charge in [0.05, 0.1) is 5.69 Å². The number of hydrogen-bond acceptors (Lipinski definition) is 6. The van der Waals surface area contributed by atoms with Gasteiger partial charge in [-0.3, -0.25) is 9.59 Å². The number of carbonyl (C=O) groups excluding carboxylic acids is 1. The maximum Gasteiger partial charge on any atom is 0.272 e. The van der Waals surface area contributed by atoms with Crippen LogP contribution < -0.4 is 10.9 Å². The van der Waals surface area contributed by atoms with Crippen molar-refractivity contribution < 1.29 is 4.79 Å². The molecule has 138 valence electrons. The smallest absolute Gasteiger partial charge is 0.272 e. The molecule has 9 heteroatoms. The van der Waals surface area contributed by atoms with Crippen molar-refractivity contribution in [3.8, 4) is 11.5 Å². The third kappa shape index (κ3) is 3.54. The molecule has 0 radical (unpaired) electrons. The van der Waals surface area contributed by atoms with E-state index >= 15 is 0 Å². The van der Waals surface area contributed by atoms with Crippen LogP contribution in [0.1, 0.15) is 16.1 Å². The fraction of sp³-hybridized carbons (Fsp3) is 0.0526. The summed E-state index contributed by atoms with van der Waals surface area (Å²) < 4.78 is 2.72. The highest BCUT2D eigenvalue weighted by Crippen LogP contribution is 2.09. The number of pyridine rings is 1. The molecule has 0 atom stereocenters. The highest BCUT2D eigenvalue weighted by atomic mass is 16.2. The molecule has 9 nitrogen and oxygen atoms in total. The minimum absolute atomic E-state index is 0.134. The van der Waals surface area contributed by atoms with Gasteiger partial charge in [-0.25, -0.2) is 14.6 Å². The first kappa shape index (κ1) is 17.3. The molecular formula is C19H15N7O2. The van der Waals surface area contributed by atoms with Gasteiger partial charge >= 0.3 is 0 Å². The minimum Gasteiger partial charge on any atom is -0.346 e. The van der Waals surface area contributed by atoms with Crippen molar-refractivity contribution in [3.63, 3.8) is 0 Å². The molecule has 0 fully saturated rings. The molecule has 0 spiro atoms. The summed E-state index contributed by atoms with van der Waals surface area (Å²) >= 11 is 0. The lowest BCUT2D eigenvalue weighted by molar-refractivity contribution is 0.0944. The molecule has 0 aliphatic rings. The molecule has 1 amide bonds. The molecule has 4 aromatic rings. The lowest BCUT2D eigenvalue weighted by Gasteiger charge is -2.10. The number of aromatic nitrogens is 6. The van der Waals surface area contributed by atoms with Crippen LogP contribution in [0, 0.1) is 0 Å². The number of amides is 1. The van der Waals surface area contributed by atoms with E-state index in [0.29, 0.717) is 11.5 Å². The zero-order chi connectivity index (χ0) is 19.3. The first-order valence-electron chi connectivity index (χ1n) is 8.45. The van der Waals surface area contributed by atoms with Gasteiger partial charge < -0.3 is 5.32 Å². The average Bonchev–Trinajstić information content (AvgIpc) is 3.28. The Balaban J connectivity index is 1.55. The second-order valence-corrected chi connectivity index (χ2v) is 5.81.